The van der Waals surface area contributed by atoms with Gasteiger partial charge < -0.3 is 19.9 Å². The lowest BCUT2D eigenvalue weighted by Gasteiger charge is -2.17. The summed E-state index contributed by atoms with van der Waals surface area (Å²) in [7, 11) is 0. The van der Waals surface area contributed by atoms with Crippen molar-refractivity contribution in [2.45, 2.75) is 38.5 Å². The maximum Gasteiger partial charge on any atom is 0.133 e. The second-order valence-electron chi connectivity index (χ2n) is 3.93. The average molecular weight is 213 g/mol. The van der Waals surface area contributed by atoms with Gasteiger partial charge in [0, 0.05) is 12.6 Å². The Bertz CT molecular complexity index is 259. The number of aliphatic hydroxyl groups is 2. The minimum atomic E-state index is -0.628. The predicted octanol–water partition coefficient (Wildman–Crippen LogP) is 1.06. The zero-order chi connectivity index (χ0) is 11.3. The monoisotopic (exact) mass is 213 g/mol. The SMILES string of the molecule is CC(O)CC(C)NCC(O)c1ccco1. The van der Waals surface area contributed by atoms with E-state index in [-0.39, 0.29) is 12.1 Å². The summed E-state index contributed by atoms with van der Waals surface area (Å²) in [6, 6.07) is 3.67. The van der Waals surface area contributed by atoms with Gasteiger partial charge >= 0.3 is 0 Å². The van der Waals surface area contributed by atoms with E-state index in [0.717, 1.165) is 0 Å². The summed E-state index contributed by atoms with van der Waals surface area (Å²) in [5, 5.41) is 22.0. The van der Waals surface area contributed by atoms with Crippen molar-refractivity contribution in [2.24, 2.45) is 0 Å². The molecule has 3 N–H and O–H groups in total. The Labute approximate surface area is 89.9 Å². The third-order valence-corrected chi connectivity index (χ3v) is 2.23. The number of furan rings is 1. The molecule has 86 valence electrons. The van der Waals surface area contributed by atoms with Crippen molar-refractivity contribution in [3.63, 3.8) is 0 Å². The molecular weight excluding hydrogens is 194 g/mol. The largest absolute Gasteiger partial charge is 0.467 e. The van der Waals surface area contributed by atoms with Gasteiger partial charge in [-0.15, -0.1) is 0 Å². The first-order valence-corrected chi connectivity index (χ1v) is 5.22. The summed E-state index contributed by atoms with van der Waals surface area (Å²) in [5.74, 6) is 0.562. The van der Waals surface area contributed by atoms with Crippen LogP contribution in [-0.2, 0) is 0 Å². The minimum Gasteiger partial charge on any atom is -0.467 e. The third kappa shape index (κ3) is 4.46. The highest BCUT2D eigenvalue weighted by Crippen LogP contribution is 2.12. The smallest absolute Gasteiger partial charge is 0.133 e. The first-order valence-electron chi connectivity index (χ1n) is 5.22. The van der Waals surface area contributed by atoms with Crippen LogP contribution in [0.15, 0.2) is 22.8 Å². The van der Waals surface area contributed by atoms with Gasteiger partial charge in [0.25, 0.3) is 0 Å². The fourth-order valence-electron chi connectivity index (χ4n) is 1.49. The van der Waals surface area contributed by atoms with E-state index in [9.17, 15) is 5.11 Å². The van der Waals surface area contributed by atoms with Gasteiger partial charge in [-0.1, -0.05) is 0 Å². The van der Waals surface area contributed by atoms with Gasteiger partial charge in [-0.2, -0.15) is 0 Å². The van der Waals surface area contributed by atoms with E-state index < -0.39 is 6.10 Å². The van der Waals surface area contributed by atoms with Crippen molar-refractivity contribution >= 4 is 0 Å². The van der Waals surface area contributed by atoms with Crippen LogP contribution < -0.4 is 5.32 Å². The number of aliphatic hydroxyl groups excluding tert-OH is 2. The Morgan fingerprint density at radius 1 is 1.40 bits per heavy atom. The molecule has 3 unspecified atom stereocenters. The van der Waals surface area contributed by atoms with Crippen molar-refractivity contribution in [3.8, 4) is 0 Å². The molecule has 0 saturated carbocycles. The van der Waals surface area contributed by atoms with Crippen LogP contribution in [0.4, 0.5) is 0 Å². The molecule has 1 aromatic rings. The van der Waals surface area contributed by atoms with Crippen LogP contribution in [0.2, 0.25) is 0 Å². The Balaban J connectivity index is 2.25. The van der Waals surface area contributed by atoms with Crippen LogP contribution in [0.25, 0.3) is 0 Å². The summed E-state index contributed by atoms with van der Waals surface area (Å²) < 4.78 is 5.07. The molecule has 0 amide bonds. The molecule has 4 nitrogen and oxygen atoms in total. The van der Waals surface area contributed by atoms with Gasteiger partial charge in [-0.25, -0.2) is 0 Å². The zero-order valence-corrected chi connectivity index (χ0v) is 9.18. The van der Waals surface area contributed by atoms with Crippen molar-refractivity contribution in [3.05, 3.63) is 24.2 Å². The van der Waals surface area contributed by atoms with Gasteiger partial charge in [0.2, 0.25) is 0 Å². The third-order valence-electron chi connectivity index (χ3n) is 2.23. The second-order valence-corrected chi connectivity index (χ2v) is 3.93. The summed E-state index contributed by atoms with van der Waals surface area (Å²) in [6.45, 7) is 4.16. The van der Waals surface area contributed by atoms with Gasteiger partial charge in [-0.05, 0) is 32.4 Å². The molecule has 3 atom stereocenters. The molecule has 0 aliphatic rings. The first kappa shape index (κ1) is 12.2. The molecular formula is C11H19NO3. The van der Waals surface area contributed by atoms with E-state index in [4.69, 9.17) is 9.52 Å². The highest BCUT2D eigenvalue weighted by Gasteiger charge is 2.12. The van der Waals surface area contributed by atoms with Gasteiger partial charge in [0.1, 0.15) is 11.9 Å². The molecule has 1 heterocycles. The van der Waals surface area contributed by atoms with Crippen LogP contribution in [0.1, 0.15) is 32.1 Å². The van der Waals surface area contributed by atoms with E-state index >= 15 is 0 Å². The number of hydrogen-bond acceptors (Lipinski definition) is 4. The molecule has 0 aromatic carbocycles. The minimum absolute atomic E-state index is 0.176. The summed E-state index contributed by atoms with van der Waals surface area (Å²) >= 11 is 0. The fraction of sp³-hybridized carbons (Fsp3) is 0.636. The van der Waals surface area contributed by atoms with Gasteiger partial charge in [-0.3, -0.25) is 0 Å². The molecule has 1 rings (SSSR count). The predicted molar refractivity (Wildman–Crippen MR) is 57.4 cm³/mol. The molecule has 0 saturated heterocycles. The molecule has 0 fully saturated rings. The first-order chi connectivity index (χ1) is 7.09. The maximum atomic E-state index is 9.67. The highest BCUT2D eigenvalue weighted by molar-refractivity contribution is 5.02. The van der Waals surface area contributed by atoms with Crippen LogP contribution in [0.3, 0.4) is 0 Å². The fourth-order valence-corrected chi connectivity index (χ4v) is 1.49. The van der Waals surface area contributed by atoms with Crippen LogP contribution in [0.5, 0.6) is 0 Å². The van der Waals surface area contributed by atoms with Crippen molar-refractivity contribution in [1.29, 1.82) is 0 Å². The van der Waals surface area contributed by atoms with Crippen LogP contribution in [-0.4, -0.2) is 28.9 Å². The standard InChI is InChI=1S/C11H19NO3/c1-8(6-9(2)13)12-7-10(14)11-4-3-5-15-11/h3-5,8-10,12-14H,6-7H2,1-2H3. The lowest BCUT2D eigenvalue weighted by molar-refractivity contribution is 0.133. The lowest BCUT2D eigenvalue weighted by Crippen LogP contribution is -2.32. The molecule has 0 aliphatic carbocycles. The van der Waals surface area contributed by atoms with Crippen molar-refractivity contribution in [2.75, 3.05) is 6.54 Å². The molecule has 4 heteroatoms. The summed E-state index contributed by atoms with van der Waals surface area (Å²) in [4.78, 5) is 0. The Kier molecular flexibility index (Phi) is 4.81. The van der Waals surface area contributed by atoms with Crippen LogP contribution in [0, 0.1) is 0 Å². The lowest BCUT2D eigenvalue weighted by atomic mass is 10.1. The number of hydrogen-bond donors (Lipinski definition) is 3. The van der Waals surface area contributed by atoms with E-state index in [2.05, 4.69) is 5.32 Å². The molecule has 15 heavy (non-hydrogen) atoms. The van der Waals surface area contributed by atoms with Crippen molar-refractivity contribution in [1.82, 2.24) is 5.32 Å². The average Bonchev–Trinajstić information content (AvgIpc) is 2.65. The summed E-state index contributed by atoms with van der Waals surface area (Å²) in [5.41, 5.74) is 0. The Morgan fingerprint density at radius 3 is 2.67 bits per heavy atom. The van der Waals surface area contributed by atoms with Gasteiger partial charge in [0.05, 0.1) is 12.4 Å². The Morgan fingerprint density at radius 2 is 2.13 bits per heavy atom. The molecule has 0 aliphatic heterocycles. The molecule has 1 aromatic heterocycles. The van der Waals surface area contributed by atoms with E-state index in [1.807, 2.05) is 6.92 Å². The quantitative estimate of drug-likeness (QED) is 0.661. The Hall–Kier alpha value is -0.840. The summed E-state index contributed by atoms with van der Waals surface area (Å²) in [6.07, 6.45) is 1.26. The van der Waals surface area contributed by atoms with Crippen molar-refractivity contribution < 1.29 is 14.6 Å². The maximum absolute atomic E-state index is 9.67. The van der Waals surface area contributed by atoms with Crippen LogP contribution >= 0.6 is 0 Å². The molecule has 0 bridgehead atoms. The second kappa shape index (κ2) is 5.90. The topological polar surface area (TPSA) is 65.6 Å². The highest BCUT2D eigenvalue weighted by atomic mass is 16.4. The zero-order valence-electron chi connectivity index (χ0n) is 9.18. The number of rotatable bonds is 6. The van der Waals surface area contributed by atoms with E-state index in [1.165, 1.54) is 6.26 Å². The molecule has 0 radical (unpaired) electrons. The normalized spacial score (nSPS) is 17.3. The van der Waals surface area contributed by atoms with E-state index in [0.29, 0.717) is 18.7 Å². The van der Waals surface area contributed by atoms with Gasteiger partial charge in [0.15, 0.2) is 0 Å². The number of nitrogens with one attached hydrogen (secondary N) is 1. The molecule has 0 spiro atoms. The van der Waals surface area contributed by atoms with E-state index in [1.54, 1.807) is 19.1 Å².